The van der Waals surface area contributed by atoms with Gasteiger partial charge in [-0.25, -0.2) is 4.79 Å². The van der Waals surface area contributed by atoms with E-state index in [0.29, 0.717) is 11.4 Å². The van der Waals surface area contributed by atoms with Gasteiger partial charge in [0.2, 0.25) is 0 Å². The number of carboxylic acids is 1. The average Bonchev–Trinajstić information content (AvgIpc) is 2.53. The molecule has 2 rings (SSSR count). The van der Waals surface area contributed by atoms with Crippen molar-refractivity contribution in [2.24, 2.45) is 0 Å². The van der Waals surface area contributed by atoms with Crippen molar-refractivity contribution in [1.29, 1.82) is 0 Å². The first-order valence-corrected chi connectivity index (χ1v) is 6.90. The highest BCUT2D eigenvalue weighted by molar-refractivity contribution is 5.93. The maximum Gasteiger partial charge on any atom is 0.339 e. The zero-order chi connectivity index (χ0) is 16.8. The second-order valence-corrected chi connectivity index (χ2v) is 4.87. The van der Waals surface area contributed by atoms with E-state index in [1.165, 1.54) is 13.2 Å². The molecule has 0 saturated heterocycles. The lowest BCUT2D eigenvalue weighted by Gasteiger charge is -2.11. The second-order valence-electron chi connectivity index (χ2n) is 4.87. The number of anilines is 1. The zero-order valence-electron chi connectivity index (χ0n) is 12.8. The Bertz CT molecular complexity index is 727. The first-order chi connectivity index (χ1) is 11.0. The zero-order valence-corrected chi connectivity index (χ0v) is 12.8. The third-order valence-electron chi connectivity index (χ3n) is 3.08. The smallest absolute Gasteiger partial charge is 0.339 e. The van der Waals surface area contributed by atoms with Crippen LogP contribution in [0.1, 0.15) is 15.9 Å². The molecule has 23 heavy (non-hydrogen) atoms. The van der Waals surface area contributed by atoms with Crippen molar-refractivity contribution in [1.82, 2.24) is 0 Å². The molecule has 2 aromatic rings. The minimum atomic E-state index is -1.10. The fourth-order valence-corrected chi connectivity index (χ4v) is 1.97. The molecule has 6 nitrogen and oxygen atoms in total. The van der Waals surface area contributed by atoms with Gasteiger partial charge >= 0.3 is 5.97 Å². The SMILES string of the molecule is COc1cccc(NC(=O)COc2cc(C)ccc2C(=O)O)c1. The van der Waals surface area contributed by atoms with Crippen LogP contribution >= 0.6 is 0 Å². The Morgan fingerprint density at radius 3 is 2.65 bits per heavy atom. The van der Waals surface area contributed by atoms with Crippen molar-refractivity contribution >= 4 is 17.6 Å². The quantitative estimate of drug-likeness (QED) is 0.856. The van der Waals surface area contributed by atoms with Gasteiger partial charge in [0.25, 0.3) is 5.91 Å². The minimum absolute atomic E-state index is 0.0183. The van der Waals surface area contributed by atoms with E-state index in [-0.39, 0.29) is 17.9 Å². The fraction of sp³-hybridized carbons (Fsp3) is 0.176. The third kappa shape index (κ3) is 4.47. The molecule has 0 fully saturated rings. The van der Waals surface area contributed by atoms with Crippen LogP contribution in [0.4, 0.5) is 5.69 Å². The number of hydrogen-bond donors (Lipinski definition) is 2. The molecule has 0 spiro atoms. The number of hydrogen-bond acceptors (Lipinski definition) is 4. The van der Waals surface area contributed by atoms with Crippen molar-refractivity contribution in [3.05, 3.63) is 53.6 Å². The molecule has 0 aliphatic rings. The van der Waals surface area contributed by atoms with Gasteiger partial charge in [-0.2, -0.15) is 0 Å². The molecular weight excluding hydrogens is 298 g/mol. The van der Waals surface area contributed by atoms with E-state index in [1.54, 1.807) is 36.4 Å². The van der Waals surface area contributed by atoms with E-state index < -0.39 is 11.9 Å². The summed E-state index contributed by atoms with van der Waals surface area (Å²) < 4.78 is 10.4. The number of carboxylic acid groups (broad SMARTS) is 1. The summed E-state index contributed by atoms with van der Waals surface area (Å²) in [6.07, 6.45) is 0. The lowest BCUT2D eigenvalue weighted by Crippen LogP contribution is -2.21. The van der Waals surface area contributed by atoms with E-state index in [9.17, 15) is 9.59 Å². The Morgan fingerprint density at radius 1 is 1.17 bits per heavy atom. The first kappa shape index (κ1) is 16.4. The van der Waals surface area contributed by atoms with Crippen molar-refractivity contribution in [2.75, 3.05) is 19.0 Å². The molecule has 6 heteroatoms. The number of carbonyl (C=O) groups is 2. The Hall–Kier alpha value is -3.02. The predicted octanol–water partition coefficient (Wildman–Crippen LogP) is 2.72. The van der Waals surface area contributed by atoms with Crippen molar-refractivity contribution in [2.45, 2.75) is 6.92 Å². The lowest BCUT2D eigenvalue weighted by atomic mass is 10.1. The normalized spacial score (nSPS) is 10.0. The van der Waals surface area contributed by atoms with E-state index >= 15 is 0 Å². The second kappa shape index (κ2) is 7.31. The predicted molar refractivity (Wildman–Crippen MR) is 85.3 cm³/mol. The van der Waals surface area contributed by atoms with Gasteiger partial charge in [-0.3, -0.25) is 4.79 Å². The van der Waals surface area contributed by atoms with Gasteiger partial charge in [-0.1, -0.05) is 12.1 Å². The maximum absolute atomic E-state index is 11.9. The highest BCUT2D eigenvalue weighted by atomic mass is 16.5. The Morgan fingerprint density at radius 2 is 1.96 bits per heavy atom. The van der Waals surface area contributed by atoms with Crippen molar-refractivity contribution < 1.29 is 24.2 Å². The highest BCUT2D eigenvalue weighted by Gasteiger charge is 2.13. The van der Waals surface area contributed by atoms with Crippen LogP contribution in [0.3, 0.4) is 0 Å². The number of aromatic carboxylic acids is 1. The van der Waals surface area contributed by atoms with Crippen molar-refractivity contribution in [3.8, 4) is 11.5 Å². The summed E-state index contributed by atoms with van der Waals surface area (Å²) >= 11 is 0. The molecule has 0 aromatic heterocycles. The number of carbonyl (C=O) groups excluding carboxylic acids is 1. The first-order valence-electron chi connectivity index (χ1n) is 6.90. The van der Waals surface area contributed by atoms with E-state index in [0.717, 1.165) is 5.56 Å². The summed E-state index contributed by atoms with van der Waals surface area (Å²) in [5.74, 6) is -0.710. The van der Waals surface area contributed by atoms with Crippen LogP contribution in [0.2, 0.25) is 0 Å². The van der Waals surface area contributed by atoms with Crippen LogP contribution < -0.4 is 14.8 Å². The summed E-state index contributed by atoms with van der Waals surface area (Å²) in [5.41, 5.74) is 1.43. The third-order valence-corrected chi connectivity index (χ3v) is 3.08. The summed E-state index contributed by atoms with van der Waals surface area (Å²) in [5, 5.41) is 11.8. The number of rotatable bonds is 6. The fourth-order valence-electron chi connectivity index (χ4n) is 1.97. The number of methoxy groups -OCH3 is 1. The minimum Gasteiger partial charge on any atom is -0.497 e. The van der Waals surface area contributed by atoms with Crippen LogP contribution in [0.25, 0.3) is 0 Å². The Balaban J connectivity index is 2.02. The topological polar surface area (TPSA) is 84.9 Å². The van der Waals surface area contributed by atoms with Crippen LogP contribution in [0, 0.1) is 6.92 Å². The molecule has 0 radical (unpaired) electrons. The summed E-state index contributed by atoms with van der Waals surface area (Å²) in [6, 6.07) is 11.6. The molecule has 2 N–H and O–H groups in total. The van der Waals surface area contributed by atoms with Gasteiger partial charge in [-0.15, -0.1) is 0 Å². The van der Waals surface area contributed by atoms with Crippen LogP contribution in [0.15, 0.2) is 42.5 Å². The number of ether oxygens (including phenoxy) is 2. The van der Waals surface area contributed by atoms with Gasteiger partial charge in [0.15, 0.2) is 6.61 Å². The van der Waals surface area contributed by atoms with E-state index in [2.05, 4.69) is 5.32 Å². The van der Waals surface area contributed by atoms with Gasteiger partial charge < -0.3 is 19.9 Å². The molecule has 0 atom stereocenters. The number of benzene rings is 2. The molecular formula is C17H17NO5. The van der Waals surface area contributed by atoms with Crippen LogP contribution in [-0.4, -0.2) is 30.7 Å². The molecule has 0 bridgehead atoms. The average molecular weight is 315 g/mol. The Labute approximate surface area is 133 Å². The summed E-state index contributed by atoms with van der Waals surface area (Å²) in [7, 11) is 1.54. The van der Waals surface area contributed by atoms with Gasteiger partial charge in [0.05, 0.1) is 7.11 Å². The maximum atomic E-state index is 11.9. The van der Waals surface area contributed by atoms with Gasteiger partial charge in [-0.05, 0) is 36.8 Å². The monoisotopic (exact) mass is 315 g/mol. The molecule has 0 saturated carbocycles. The number of amides is 1. The van der Waals surface area contributed by atoms with E-state index in [4.69, 9.17) is 14.6 Å². The largest absolute Gasteiger partial charge is 0.497 e. The molecule has 0 unspecified atom stereocenters. The molecule has 0 aliphatic heterocycles. The summed E-state index contributed by atoms with van der Waals surface area (Å²) in [6.45, 7) is 1.52. The van der Waals surface area contributed by atoms with E-state index in [1.807, 2.05) is 6.92 Å². The number of aryl methyl sites for hydroxylation is 1. The molecule has 0 heterocycles. The lowest BCUT2D eigenvalue weighted by molar-refractivity contribution is -0.118. The highest BCUT2D eigenvalue weighted by Crippen LogP contribution is 2.21. The van der Waals surface area contributed by atoms with Gasteiger partial charge in [0, 0.05) is 11.8 Å². The molecule has 2 aromatic carbocycles. The number of nitrogens with one attached hydrogen (secondary N) is 1. The van der Waals surface area contributed by atoms with Gasteiger partial charge in [0.1, 0.15) is 17.1 Å². The Kier molecular flexibility index (Phi) is 5.19. The summed E-state index contributed by atoms with van der Waals surface area (Å²) in [4.78, 5) is 23.1. The molecule has 120 valence electrons. The molecule has 0 aliphatic carbocycles. The molecule has 1 amide bonds. The van der Waals surface area contributed by atoms with Crippen LogP contribution in [-0.2, 0) is 4.79 Å². The standard InChI is InChI=1S/C17H17NO5/c1-11-6-7-14(17(20)21)15(8-11)23-10-16(19)18-12-4-3-5-13(9-12)22-2/h3-9H,10H2,1-2H3,(H,18,19)(H,20,21). The van der Waals surface area contributed by atoms with Crippen LogP contribution in [0.5, 0.6) is 11.5 Å². The van der Waals surface area contributed by atoms with Crippen molar-refractivity contribution in [3.63, 3.8) is 0 Å².